The van der Waals surface area contributed by atoms with Crippen LogP contribution in [0, 0.1) is 0 Å². The van der Waals surface area contributed by atoms with Crippen molar-refractivity contribution in [2.24, 2.45) is 0 Å². The molecule has 0 saturated carbocycles. The van der Waals surface area contributed by atoms with Gasteiger partial charge in [0.15, 0.2) is 8.32 Å². The smallest absolute Gasteiger partial charge is 0.192 e. The third-order valence-electron chi connectivity index (χ3n) is 7.70. The Bertz CT molecular complexity index is 608. The molecule has 0 aromatic carbocycles. The van der Waals surface area contributed by atoms with E-state index in [1.807, 2.05) is 0 Å². The van der Waals surface area contributed by atoms with Gasteiger partial charge in [0.25, 0.3) is 0 Å². The summed E-state index contributed by atoms with van der Waals surface area (Å²) >= 11 is 41.5. The number of hydrogen-bond acceptors (Lipinski definition) is 2. The standard InChI is InChI=1S/C28H53Cl6IO2Si/c1-7-8-9-14-17-21(29)23(31)26(36)24(32)25(35)22(30)18-15-12-10-11-13-16-19-28(33,34)20-37-38(5,6)27(2,3)4/h21-26,36H,7-20H2,1-6H3/t21-,22+,23-,24-,25-,26-/m0/s1. The normalized spacial score (nSPS) is 18.2. The molecule has 6 atom stereocenters. The second-order valence-corrected chi connectivity index (χ2v) is 22.3. The van der Waals surface area contributed by atoms with Crippen LogP contribution in [0.3, 0.4) is 0 Å². The van der Waals surface area contributed by atoms with E-state index in [1.165, 1.54) is 12.8 Å². The van der Waals surface area contributed by atoms with Gasteiger partial charge in [0, 0.05) is 9.30 Å². The molecule has 0 aliphatic carbocycles. The number of hydrogen-bond donors (Lipinski definition) is 1. The van der Waals surface area contributed by atoms with Crippen LogP contribution in [0.2, 0.25) is 18.1 Å². The van der Waals surface area contributed by atoms with Gasteiger partial charge in [-0.15, -0.1) is 46.4 Å². The zero-order chi connectivity index (χ0) is 29.6. The first kappa shape index (κ1) is 40.6. The van der Waals surface area contributed by atoms with Gasteiger partial charge in [0.1, 0.15) is 4.33 Å². The highest BCUT2D eigenvalue weighted by Crippen LogP contribution is 2.39. The van der Waals surface area contributed by atoms with Crippen LogP contribution < -0.4 is 0 Å². The number of halogens is 7. The summed E-state index contributed by atoms with van der Waals surface area (Å²) in [6.07, 6.45) is 12.5. The molecule has 0 rings (SSSR count). The van der Waals surface area contributed by atoms with E-state index in [1.54, 1.807) is 0 Å². The van der Waals surface area contributed by atoms with Crippen LogP contribution in [0.25, 0.3) is 0 Å². The van der Waals surface area contributed by atoms with Crippen LogP contribution in [0.1, 0.15) is 111 Å². The fourth-order valence-electron chi connectivity index (χ4n) is 3.87. The number of alkyl halides is 7. The first-order chi connectivity index (χ1) is 17.5. The number of aliphatic hydroxyl groups excluding tert-OH is 1. The fraction of sp³-hybridized carbons (Fsp3) is 1.00. The monoisotopic (exact) mass is 786 g/mol. The van der Waals surface area contributed by atoms with Gasteiger partial charge in [-0.2, -0.15) is 0 Å². The highest BCUT2D eigenvalue weighted by molar-refractivity contribution is 14.1. The minimum atomic E-state index is -1.85. The lowest BCUT2D eigenvalue weighted by Crippen LogP contribution is -2.43. The molecule has 0 aliphatic rings. The second kappa shape index (κ2) is 20.5. The van der Waals surface area contributed by atoms with E-state index >= 15 is 0 Å². The molecule has 0 amide bonds. The lowest BCUT2D eigenvalue weighted by atomic mass is 10.00. The predicted molar refractivity (Wildman–Crippen MR) is 186 cm³/mol. The SMILES string of the molecule is CCCCCC[C@H](Cl)[C@H](Cl)[C@H](O)[C@@H](Cl)[C@@H](I)[C@H](Cl)CCCCCCCCC(Cl)(Cl)CO[Si](C)(C)C(C)(C)C. The predicted octanol–water partition coefficient (Wildman–Crippen LogP) is 11.9. The lowest BCUT2D eigenvalue weighted by molar-refractivity contribution is 0.159. The van der Waals surface area contributed by atoms with Crippen LogP contribution in [0.4, 0.5) is 0 Å². The summed E-state index contributed by atoms with van der Waals surface area (Å²) in [6.45, 7) is 13.7. The van der Waals surface area contributed by atoms with Gasteiger partial charge in [0.05, 0.1) is 28.8 Å². The Balaban J connectivity index is 4.15. The molecule has 0 aliphatic heterocycles. The molecular formula is C28H53Cl6IO2Si. The largest absolute Gasteiger partial charge is 0.414 e. The van der Waals surface area contributed by atoms with E-state index in [0.29, 0.717) is 6.61 Å². The maximum absolute atomic E-state index is 10.7. The molecule has 0 saturated heterocycles. The molecule has 38 heavy (non-hydrogen) atoms. The van der Waals surface area contributed by atoms with Gasteiger partial charge < -0.3 is 9.53 Å². The van der Waals surface area contributed by atoms with Crippen molar-refractivity contribution in [1.82, 2.24) is 0 Å². The Morgan fingerprint density at radius 2 is 1.24 bits per heavy atom. The van der Waals surface area contributed by atoms with Crippen LogP contribution >= 0.6 is 92.2 Å². The summed E-state index contributed by atoms with van der Waals surface area (Å²) in [4.78, 5) is 0. The summed E-state index contributed by atoms with van der Waals surface area (Å²) < 4.78 is 5.30. The molecule has 1 N–H and O–H groups in total. The molecule has 0 aromatic rings. The molecule has 0 fully saturated rings. The van der Waals surface area contributed by atoms with Gasteiger partial charge in [-0.05, 0) is 37.4 Å². The number of unbranched alkanes of at least 4 members (excludes halogenated alkanes) is 8. The van der Waals surface area contributed by atoms with Crippen molar-refractivity contribution in [3.8, 4) is 0 Å². The van der Waals surface area contributed by atoms with Gasteiger partial charge in [-0.1, -0.05) is 138 Å². The molecule has 0 bridgehead atoms. The Kier molecular flexibility index (Phi) is 22.0. The lowest BCUT2D eigenvalue weighted by Gasteiger charge is -2.37. The minimum absolute atomic E-state index is 0.0924. The Morgan fingerprint density at radius 3 is 1.76 bits per heavy atom. The van der Waals surface area contributed by atoms with Crippen molar-refractivity contribution < 1.29 is 9.53 Å². The molecule has 0 radical (unpaired) electrons. The van der Waals surface area contributed by atoms with Crippen LogP contribution in [0.15, 0.2) is 0 Å². The Hall–Kier alpha value is 2.61. The molecule has 230 valence electrons. The van der Waals surface area contributed by atoms with Crippen molar-refractivity contribution in [2.75, 3.05) is 6.61 Å². The highest BCUT2D eigenvalue weighted by Gasteiger charge is 2.39. The number of aliphatic hydroxyl groups is 1. The van der Waals surface area contributed by atoms with E-state index in [9.17, 15) is 5.11 Å². The van der Waals surface area contributed by atoms with E-state index in [0.717, 1.165) is 70.6 Å². The summed E-state index contributed by atoms with van der Waals surface area (Å²) in [5, 5.41) is 9.31. The molecule has 0 unspecified atom stereocenters. The van der Waals surface area contributed by atoms with Crippen LogP contribution in [0.5, 0.6) is 0 Å². The van der Waals surface area contributed by atoms with Crippen molar-refractivity contribution >= 4 is 101 Å². The zero-order valence-electron chi connectivity index (χ0n) is 24.4. The molecule has 0 aromatic heterocycles. The quantitative estimate of drug-likeness (QED) is 0.0512. The van der Waals surface area contributed by atoms with E-state index in [4.69, 9.17) is 74.0 Å². The summed E-state index contributed by atoms with van der Waals surface area (Å²) in [6, 6.07) is 0. The molecule has 10 heteroatoms. The Morgan fingerprint density at radius 1 is 0.763 bits per heavy atom. The molecular weight excluding hydrogens is 736 g/mol. The first-order valence-electron chi connectivity index (χ1n) is 14.4. The maximum atomic E-state index is 10.7. The zero-order valence-corrected chi connectivity index (χ0v) is 32.1. The summed E-state index contributed by atoms with van der Waals surface area (Å²) in [5.41, 5.74) is 0. The molecule has 0 spiro atoms. The van der Waals surface area contributed by atoms with E-state index < -0.39 is 29.5 Å². The highest BCUT2D eigenvalue weighted by atomic mass is 127. The van der Waals surface area contributed by atoms with Crippen LogP contribution in [-0.2, 0) is 4.43 Å². The van der Waals surface area contributed by atoms with Crippen molar-refractivity contribution in [2.45, 2.75) is 165 Å². The Labute approximate surface area is 279 Å². The van der Waals surface area contributed by atoms with Gasteiger partial charge in [0.2, 0.25) is 0 Å². The van der Waals surface area contributed by atoms with Crippen molar-refractivity contribution in [1.29, 1.82) is 0 Å². The van der Waals surface area contributed by atoms with Gasteiger partial charge in [-0.25, -0.2) is 0 Å². The van der Waals surface area contributed by atoms with E-state index in [-0.39, 0.29) is 19.7 Å². The van der Waals surface area contributed by atoms with Gasteiger partial charge in [-0.3, -0.25) is 0 Å². The average Bonchev–Trinajstić information content (AvgIpc) is 2.84. The molecule has 0 heterocycles. The topological polar surface area (TPSA) is 29.5 Å². The third-order valence-corrected chi connectivity index (χ3v) is 17.5. The summed E-state index contributed by atoms with van der Waals surface area (Å²) in [5.74, 6) is 0. The minimum Gasteiger partial charge on any atom is -0.414 e. The van der Waals surface area contributed by atoms with E-state index in [2.05, 4.69) is 63.4 Å². The second-order valence-electron chi connectivity index (χ2n) is 12.3. The average molecular weight is 789 g/mol. The van der Waals surface area contributed by atoms with Crippen LogP contribution in [-0.4, -0.2) is 55.9 Å². The fourth-order valence-corrected chi connectivity index (χ4v) is 7.63. The third kappa shape index (κ3) is 17.0. The first-order valence-corrected chi connectivity index (χ1v) is 21.0. The van der Waals surface area contributed by atoms with Gasteiger partial charge >= 0.3 is 0 Å². The van der Waals surface area contributed by atoms with Crippen molar-refractivity contribution in [3.05, 3.63) is 0 Å². The summed E-state index contributed by atoms with van der Waals surface area (Å²) in [7, 11) is -1.85. The maximum Gasteiger partial charge on any atom is 0.192 e. The van der Waals surface area contributed by atoms with Crippen molar-refractivity contribution in [3.63, 3.8) is 0 Å². The number of rotatable bonds is 22. The molecule has 2 nitrogen and oxygen atoms in total.